The normalized spacial score (nSPS) is 14.3. The number of carboxylic acid groups (broad SMARTS) is 1. The van der Waals surface area contributed by atoms with E-state index in [1.165, 1.54) is 16.0 Å². The van der Waals surface area contributed by atoms with Gasteiger partial charge in [0.2, 0.25) is 0 Å². The summed E-state index contributed by atoms with van der Waals surface area (Å²) in [6, 6.07) is 3.65. The Morgan fingerprint density at radius 2 is 2.32 bits per heavy atom. The van der Waals surface area contributed by atoms with Crippen LogP contribution in [0, 0.1) is 0 Å². The van der Waals surface area contributed by atoms with E-state index >= 15 is 0 Å². The first-order valence-electron chi connectivity index (χ1n) is 5.87. The minimum atomic E-state index is -1.12. The van der Waals surface area contributed by atoms with Gasteiger partial charge in [-0.25, -0.2) is 9.48 Å². The molecule has 102 valence electrons. The lowest BCUT2D eigenvalue weighted by molar-refractivity contribution is 0.0344. The van der Waals surface area contributed by atoms with Crippen LogP contribution in [0.15, 0.2) is 17.5 Å². The zero-order valence-corrected chi connectivity index (χ0v) is 11.5. The van der Waals surface area contributed by atoms with E-state index in [9.17, 15) is 9.90 Å². The number of thiophene rings is 1. The number of aromatic carboxylic acids is 1. The molecule has 0 aromatic carbocycles. The quantitative estimate of drug-likeness (QED) is 0.873. The van der Waals surface area contributed by atoms with E-state index in [1.54, 1.807) is 6.92 Å². The fourth-order valence-electron chi connectivity index (χ4n) is 1.66. The van der Waals surface area contributed by atoms with E-state index < -0.39 is 11.6 Å². The third kappa shape index (κ3) is 2.82. The van der Waals surface area contributed by atoms with Crippen LogP contribution in [0.25, 0.3) is 10.6 Å². The van der Waals surface area contributed by atoms with Crippen molar-refractivity contribution in [3.8, 4) is 10.6 Å². The van der Waals surface area contributed by atoms with Crippen molar-refractivity contribution in [3.05, 3.63) is 23.2 Å². The molecule has 1 atom stereocenters. The van der Waals surface area contributed by atoms with Gasteiger partial charge in [-0.05, 0) is 24.8 Å². The lowest BCUT2D eigenvalue weighted by Crippen LogP contribution is -2.30. The molecule has 0 spiro atoms. The van der Waals surface area contributed by atoms with Crippen LogP contribution in [0.4, 0.5) is 0 Å². The average molecular weight is 281 g/mol. The van der Waals surface area contributed by atoms with Gasteiger partial charge < -0.3 is 10.2 Å². The highest BCUT2D eigenvalue weighted by atomic mass is 32.1. The monoisotopic (exact) mass is 281 g/mol. The van der Waals surface area contributed by atoms with Crippen LogP contribution < -0.4 is 0 Å². The van der Waals surface area contributed by atoms with E-state index in [0.717, 1.165) is 4.88 Å². The molecule has 0 aliphatic carbocycles. The molecular formula is C12H15N3O3S. The lowest BCUT2D eigenvalue weighted by atomic mass is 10.0. The van der Waals surface area contributed by atoms with Crippen LogP contribution >= 0.6 is 11.3 Å². The van der Waals surface area contributed by atoms with Gasteiger partial charge >= 0.3 is 5.97 Å². The molecule has 2 rings (SSSR count). The summed E-state index contributed by atoms with van der Waals surface area (Å²) in [5, 5.41) is 28.7. The molecule has 7 heteroatoms. The first kappa shape index (κ1) is 13.7. The number of aromatic nitrogens is 3. The Bertz CT molecular complexity index is 575. The molecule has 2 aromatic rings. The van der Waals surface area contributed by atoms with Crippen LogP contribution in [0.2, 0.25) is 0 Å². The Hall–Kier alpha value is -1.73. The van der Waals surface area contributed by atoms with Gasteiger partial charge in [-0.15, -0.1) is 16.4 Å². The van der Waals surface area contributed by atoms with Gasteiger partial charge in [0, 0.05) is 0 Å². The van der Waals surface area contributed by atoms with Gasteiger partial charge in [0.15, 0.2) is 5.69 Å². The van der Waals surface area contributed by atoms with Crippen LogP contribution in [0.1, 0.15) is 30.8 Å². The van der Waals surface area contributed by atoms with Crippen molar-refractivity contribution in [2.45, 2.75) is 32.4 Å². The minimum Gasteiger partial charge on any atom is -0.476 e. The topological polar surface area (TPSA) is 88.2 Å². The molecule has 0 amide bonds. The second-order valence-corrected chi connectivity index (χ2v) is 5.52. The molecule has 1 unspecified atom stereocenters. The lowest BCUT2D eigenvalue weighted by Gasteiger charge is -2.21. The van der Waals surface area contributed by atoms with Crippen molar-refractivity contribution in [3.63, 3.8) is 0 Å². The number of hydrogen-bond acceptors (Lipinski definition) is 5. The Morgan fingerprint density at radius 1 is 1.58 bits per heavy atom. The van der Waals surface area contributed by atoms with E-state index in [0.29, 0.717) is 12.1 Å². The van der Waals surface area contributed by atoms with Crippen LogP contribution in [-0.4, -0.2) is 36.8 Å². The summed E-state index contributed by atoms with van der Waals surface area (Å²) in [5.74, 6) is -1.12. The van der Waals surface area contributed by atoms with Crippen molar-refractivity contribution < 1.29 is 15.0 Å². The zero-order valence-electron chi connectivity index (χ0n) is 10.7. The Balaban J connectivity index is 2.48. The van der Waals surface area contributed by atoms with Crippen LogP contribution in [-0.2, 0) is 6.54 Å². The summed E-state index contributed by atoms with van der Waals surface area (Å²) in [6.45, 7) is 3.75. The van der Waals surface area contributed by atoms with Gasteiger partial charge in [-0.2, -0.15) is 0 Å². The zero-order chi connectivity index (χ0) is 14.0. The summed E-state index contributed by atoms with van der Waals surface area (Å²) in [6.07, 6.45) is 0.541. The second-order valence-electron chi connectivity index (χ2n) is 4.58. The maximum Gasteiger partial charge on any atom is 0.358 e. The van der Waals surface area contributed by atoms with Crippen molar-refractivity contribution in [2.24, 2.45) is 0 Å². The Labute approximate surface area is 114 Å². The molecule has 0 aliphatic rings. The van der Waals surface area contributed by atoms with Gasteiger partial charge in [0.05, 0.1) is 17.0 Å². The van der Waals surface area contributed by atoms with Crippen molar-refractivity contribution in [1.29, 1.82) is 0 Å². The molecule has 2 aromatic heterocycles. The van der Waals surface area contributed by atoms with Crippen LogP contribution in [0.5, 0.6) is 0 Å². The van der Waals surface area contributed by atoms with Crippen LogP contribution in [0.3, 0.4) is 0 Å². The Kier molecular flexibility index (Phi) is 3.68. The number of carbonyl (C=O) groups is 1. The van der Waals surface area contributed by atoms with Crippen molar-refractivity contribution >= 4 is 17.3 Å². The molecule has 0 aliphatic heterocycles. The smallest absolute Gasteiger partial charge is 0.358 e. The fourth-order valence-corrected chi connectivity index (χ4v) is 2.43. The molecule has 2 N–H and O–H groups in total. The highest BCUT2D eigenvalue weighted by Crippen LogP contribution is 2.28. The number of rotatable bonds is 5. The summed E-state index contributed by atoms with van der Waals surface area (Å²) < 4.78 is 1.46. The molecule has 0 saturated carbocycles. The molecule has 6 nitrogen and oxygen atoms in total. The maximum absolute atomic E-state index is 11.2. The fraction of sp³-hybridized carbons (Fsp3) is 0.417. The predicted octanol–water partition coefficient (Wildman–Crippen LogP) is 1.87. The molecule has 2 heterocycles. The molecule has 19 heavy (non-hydrogen) atoms. The van der Waals surface area contributed by atoms with E-state index in [2.05, 4.69) is 10.3 Å². The first-order chi connectivity index (χ1) is 8.94. The minimum absolute atomic E-state index is 0.0886. The summed E-state index contributed by atoms with van der Waals surface area (Å²) in [5.41, 5.74) is -0.597. The van der Waals surface area contributed by atoms with Crippen molar-refractivity contribution in [1.82, 2.24) is 15.0 Å². The van der Waals surface area contributed by atoms with E-state index in [4.69, 9.17) is 5.11 Å². The third-order valence-corrected chi connectivity index (χ3v) is 3.82. The SMILES string of the molecule is CCC(C)(O)Cn1nnc(C(=O)O)c1-c1cccs1. The van der Waals surface area contributed by atoms with Gasteiger partial charge in [-0.1, -0.05) is 18.2 Å². The second kappa shape index (κ2) is 5.10. The highest BCUT2D eigenvalue weighted by molar-refractivity contribution is 7.13. The number of hydrogen-bond donors (Lipinski definition) is 2. The number of aliphatic hydroxyl groups is 1. The standard InChI is InChI=1S/C12H15N3O3S/c1-3-12(2,18)7-15-10(8-5-4-6-19-8)9(11(16)17)13-14-15/h4-6,18H,3,7H2,1-2H3,(H,16,17). The molecule has 0 saturated heterocycles. The molecule has 0 bridgehead atoms. The van der Waals surface area contributed by atoms with E-state index in [-0.39, 0.29) is 12.2 Å². The average Bonchev–Trinajstić information content (AvgIpc) is 2.96. The largest absolute Gasteiger partial charge is 0.476 e. The number of carboxylic acids is 1. The number of nitrogens with zero attached hydrogens (tertiary/aromatic N) is 3. The highest BCUT2D eigenvalue weighted by Gasteiger charge is 2.26. The van der Waals surface area contributed by atoms with E-state index in [1.807, 2.05) is 24.4 Å². The maximum atomic E-state index is 11.2. The molecule has 0 radical (unpaired) electrons. The predicted molar refractivity (Wildman–Crippen MR) is 71.2 cm³/mol. The summed E-state index contributed by atoms with van der Waals surface area (Å²) in [4.78, 5) is 12.0. The Morgan fingerprint density at radius 3 is 2.84 bits per heavy atom. The van der Waals surface area contributed by atoms with Gasteiger partial charge in [-0.3, -0.25) is 0 Å². The molecular weight excluding hydrogens is 266 g/mol. The first-order valence-corrected chi connectivity index (χ1v) is 6.75. The summed E-state index contributed by atoms with van der Waals surface area (Å²) >= 11 is 1.41. The van der Waals surface area contributed by atoms with Gasteiger partial charge in [0.1, 0.15) is 5.69 Å². The molecule has 0 fully saturated rings. The third-order valence-electron chi connectivity index (χ3n) is 2.94. The van der Waals surface area contributed by atoms with Crippen molar-refractivity contribution in [2.75, 3.05) is 0 Å². The van der Waals surface area contributed by atoms with Gasteiger partial charge in [0.25, 0.3) is 0 Å². The summed E-state index contributed by atoms with van der Waals surface area (Å²) in [7, 11) is 0.